The summed E-state index contributed by atoms with van der Waals surface area (Å²) >= 11 is 5.92. The predicted octanol–water partition coefficient (Wildman–Crippen LogP) is 3.66. The normalized spacial score (nSPS) is 13.7. The molecule has 1 aromatic heterocycles. The number of carbonyl (C=O) groups is 1. The third-order valence-electron chi connectivity index (χ3n) is 4.12. The molecule has 0 spiro atoms. The summed E-state index contributed by atoms with van der Waals surface area (Å²) in [7, 11) is 1.78. The van der Waals surface area contributed by atoms with Crippen molar-refractivity contribution in [3.8, 4) is 0 Å². The van der Waals surface area contributed by atoms with Crippen LogP contribution in [0.25, 0.3) is 0 Å². The first-order valence-corrected chi connectivity index (χ1v) is 7.63. The molecule has 0 saturated carbocycles. The Balaban J connectivity index is 2.11. The van der Waals surface area contributed by atoms with Crippen LogP contribution in [0.4, 0.5) is 0 Å². The van der Waals surface area contributed by atoms with Gasteiger partial charge in [-0.05, 0) is 36.8 Å². The van der Waals surface area contributed by atoms with Gasteiger partial charge in [0.05, 0.1) is 6.54 Å². The van der Waals surface area contributed by atoms with Crippen molar-refractivity contribution < 1.29 is 9.21 Å². The van der Waals surface area contributed by atoms with E-state index in [1.54, 1.807) is 24.1 Å². The van der Waals surface area contributed by atoms with Gasteiger partial charge in [0, 0.05) is 24.0 Å². The predicted molar refractivity (Wildman–Crippen MR) is 88.0 cm³/mol. The highest BCUT2D eigenvalue weighted by Gasteiger charge is 2.25. The minimum Gasteiger partial charge on any atom is -0.455 e. The largest absolute Gasteiger partial charge is 0.455 e. The maximum Gasteiger partial charge on any atom is 0.289 e. The summed E-state index contributed by atoms with van der Waals surface area (Å²) in [5.41, 5.74) is 6.64. The van der Waals surface area contributed by atoms with Crippen molar-refractivity contribution in [2.24, 2.45) is 5.73 Å². The molecule has 2 N–H and O–H groups in total. The Bertz CT molecular complexity index is 636. The summed E-state index contributed by atoms with van der Waals surface area (Å²) in [4.78, 5) is 14.2. The Hall–Kier alpha value is -1.78. The quantitative estimate of drug-likeness (QED) is 0.914. The molecule has 5 heteroatoms. The molecule has 2 atom stereocenters. The Labute approximate surface area is 135 Å². The maximum atomic E-state index is 12.5. The molecular formula is C17H21ClN2O2. The van der Waals surface area contributed by atoms with Crippen molar-refractivity contribution in [2.75, 3.05) is 7.05 Å². The minimum atomic E-state index is -0.145. The fraction of sp³-hybridized carbons (Fsp3) is 0.353. The second-order valence-electron chi connectivity index (χ2n) is 5.47. The summed E-state index contributed by atoms with van der Waals surface area (Å²) in [5.74, 6) is 0.955. The molecule has 1 aromatic carbocycles. The van der Waals surface area contributed by atoms with Gasteiger partial charge >= 0.3 is 0 Å². The summed E-state index contributed by atoms with van der Waals surface area (Å²) in [5, 5.41) is 0.706. The van der Waals surface area contributed by atoms with E-state index >= 15 is 0 Å². The molecule has 0 saturated heterocycles. The lowest BCUT2D eigenvalue weighted by Gasteiger charge is -2.29. The Morgan fingerprint density at radius 2 is 1.86 bits per heavy atom. The number of hydrogen-bond acceptors (Lipinski definition) is 3. The van der Waals surface area contributed by atoms with Crippen LogP contribution in [-0.4, -0.2) is 23.9 Å². The molecule has 0 aliphatic heterocycles. The van der Waals surface area contributed by atoms with Crippen LogP contribution in [-0.2, 0) is 6.54 Å². The number of nitrogens with zero attached hydrogens (tertiary/aromatic N) is 1. The van der Waals surface area contributed by atoms with Crippen molar-refractivity contribution >= 4 is 17.5 Å². The van der Waals surface area contributed by atoms with Crippen LogP contribution >= 0.6 is 11.6 Å². The Kier molecular flexibility index (Phi) is 5.27. The highest BCUT2D eigenvalue weighted by Crippen LogP contribution is 2.25. The smallest absolute Gasteiger partial charge is 0.289 e. The maximum absolute atomic E-state index is 12.5. The van der Waals surface area contributed by atoms with Crippen LogP contribution in [0.15, 0.2) is 40.8 Å². The van der Waals surface area contributed by atoms with E-state index in [1.165, 1.54) is 0 Å². The molecule has 2 unspecified atom stereocenters. The number of likely N-dealkylation sites (N-methyl/N-ethyl adjacent to an activating group) is 1. The minimum absolute atomic E-state index is 0.0140. The fourth-order valence-electron chi connectivity index (χ4n) is 2.34. The number of carbonyl (C=O) groups excluding carboxylic acids is 1. The van der Waals surface area contributed by atoms with E-state index in [-0.39, 0.29) is 24.4 Å². The van der Waals surface area contributed by atoms with E-state index < -0.39 is 0 Å². The van der Waals surface area contributed by atoms with Gasteiger partial charge in [-0.3, -0.25) is 4.79 Å². The standard InChI is InChI=1S/C17H21ClN2O2/c1-11(13-4-6-14(18)7-5-13)12(2)20(3)17(21)16-9-8-15(10-19)22-16/h4-9,11-12H,10,19H2,1-3H3. The van der Waals surface area contributed by atoms with E-state index in [1.807, 2.05) is 31.2 Å². The van der Waals surface area contributed by atoms with E-state index in [4.69, 9.17) is 21.8 Å². The van der Waals surface area contributed by atoms with Crippen molar-refractivity contribution in [1.29, 1.82) is 0 Å². The van der Waals surface area contributed by atoms with Gasteiger partial charge in [-0.1, -0.05) is 30.7 Å². The van der Waals surface area contributed by atoms with Crippen LogP contribution in [0, 0.1) is 0 Å². The Morgan fingerprint density at radius 3 is 2.41 bits per heavy atom. The van der Waals surface area contributed by atoms with Gasteiger partial charge in [0.25, 0.3) is 5.91 Å². The number of nitrogens with two attached hydrogens (primary N) is 1. The van der Waals surface area contributed by atoms with Gasteiger partial charge in [0.15, 0.2) is 5.76 Å². The lowest BCUT2D eigenvalue weighted by atomic mass is 9.93. The monoisotopic (exact) mass is 320 g/mol. The summed E-state index contributed by atoms with van der Waals surface area (Å²) in [6.45, 7) is 4.39. The summed E-state index contributed by atoms with van der Waals surface area (Å²) in [6, 6.07) is 11.1. The zero-order valence-electron chi connectivity index (χ0n) is 13.0. The van der Waals surface area contributed by atoms with Crippen LogP contribution < -0.4 is 5.73 Å². The average Bonchev–Trinajstić information content (AvgIpc) is 3.01. The number of hydrogen-bond donors (Lipinski definition) is 1. The number of benzene rings is 1. The highest BCUT2D eigenvalue weighted by molar-refractivity contribution is 6.30. The third-order valence-corrected chi connectivity index (χ3v) is 4.38. The van der Waals surface area contributed by atoms with E-state index in [9.17, 15) is 4.79 Å². The molecule has 1 heterocycles. The number of rotatable bonds is 5. The van der Waals surface area contributed by atoms with Crippen LogP contribution in [0.1, 0.15) is 41.6 Å². The van der Waals surface area contributed by atoms with Crippen LogP contribution in [0.3, 0.4) is 0 Å². The molecule has 4 nitrogen and oxygen atoms in total. The molecule has 2 rings (SSSR count). The first kappa shape index (κ1) is 16.6. The summed E-state index contributed by atoms with van der Waals surface area (Å²) in [6.07, 6.45) is 0. The molecule has 0 bridgehead atoms. The van der Waals surface area contributed by atoms with E-state index in [0.717, 1.165) is 5.56 Å². The molecule has 0 radical (unpaired) electrons. The van der Waals surface area contributed by atoms with Gasteiger partial charge in [-0.2, -0.15) is 0 Å². The topological polar surface area (TPSA) is 59.5 Å². The van der Waals surface area contributed by atoms with Crippen molar-refractivity contribution in [3.63, 3.8) is 0 Å². The first-order chi connectivity index (χ1) is 10.4. The van der Waals surface area contributed by atoms with Crippen molar-refractivity contribution in [2.45, 2.75) is 32.4 Å². The Morgan fingerprint density at radius 1 is 1.23 bits per heavy atom. The number of halogens is 1. The van der Waals surface area contributed by atoms with E-state index in [2.05, 4.69) is 6.92 Å². The van der Waals surface area contributed by atoms with Crippen LogP contribution in [0.2, 0.25) is 5.02 Å². The number of amides is 1. The van der Waals surface area contributed by atoms with Crippen LogP contribution in [0.5, 0.6) is 0 Å². The second-order valence-corrected chi connectivity index (χ2v) is 5.90. The molecule has 118 valence electrons. The van der Waals surface area contributed by atoms with Gasteiger partial charge in [0.2, 0.25) is 0 Å². The lowest BCUT2D eigenvalue weighted by Crippen LogP contribution is -2.38. The first-order valence-electron chi connectivity index (χ1n) is 7.25. The zero-order chi connectivity index (χ0) is 16.3. The van der Waals surface area contributed by atoms with Gasteiger partial charge in [0.1, 0.15) is 5.76 Å². The molecule has 0 aliphatic carbocycles. The van der Waals surface area contributed by atoms with Crippen molar-refractivity contribution in [3.05, 3.63) is 58.5 Å². The van der Waals surface area contributed by atoms with Gasteiger partial charge in [-0.25, -0.2) is 0 Å². The average molecular weight is 321 g/mol. The van der Waals surface area contributed by atoms with Gasteiger partial charge in [-0.15, -0.1) is 0 Å². The lowest BCUT2D eigenvalue weighted by molar-refractivity contribution is 0.0692. The molecule has 1 amide bonds. The number of furan rings is 1. The van der Waals surface area contributed by atoms with Crippen molar-refractivity contribution in [1.82, 2.24) is 4.90 Å². The highest BCUT2D eigenvalue weighted by atomic mass is 35.5. The SMILES string of the molecule is CC(c1ccc(Cl)cc1)C(C)N(C)C(=O)c1ccc(CN)o1. The second kappa shape index (κ2) is 6.99. The molecular weight excluding hydrogens is 300 g/mol. The molecule has 0 aliphatic rings. The fourth-order valence-corrected chi connectivity index (χ4v) is 2.47. The molecule has 2 aromatic rings. The third kappa shape index (κ3) is 3.51. The van der Waals surface area contributed by atoms with E-state index in [0.29, 0.717) is 16.5 Å². The molecule has 22 heavy (non-hydrogen) atoms. The summed E-state index contributed by atoms with van der Waals surface area (Å²) < 4.78 is 5.43. The van der Waals surface area contributed by atoms with Gasteiger partial charge < -0.3 is 15.1 Å². The molecule has 0 fully saturated rings. The zero-order valence-corrected chi connectivity index (χ0v) is 13.8.